The van der Waals surface area contributed by atoms with Crippen LogP contribution in [0, 0.1) is 0 Å². The van der Waals surface area contributed by atoms with Crippen LogP contribution in [0.3, 0.4) is 0 Å². The summed E-state index contributed by atoms with van der Waals surface area (Å²) in [7, 11) is 0. The molecule has 7 heteroatoms. The third-order valence-corrected chi connectivity index (χ3v) is 3.53. The highest BCUT2D eigenvalue weighted by molar-refractivity contribution is 6.28. The highest BCUT2D eigenvalue weighted by atomic mass is 35.5. The molecule has 0 amide bonds. The van der Waals surface area contributed by atoms with Gasteiger partial charge >= 0.3 is 0 Å². The molecule has 0 unspecified atom stereocenters. The zero-order chi connectivity index (χ0) is 11.7. The van der Waals surface area contributed by atoms with Crippen molar-refractivity contribution in [2.45, 2.75) is 25.7 Å². The molecular formula is C11H17Cl2N5. The number of hydrogen-bond donors (Lipinski definition) is 0. The Morgan fingerprint density at radius 1 is 0.722 bits per heavy atom. The fourth-order valence-electron chi connectivity index (χ4n) is 2.45. The molecule has 18 heavy (non-hydrogen) atoms. The van der Waals surface area contributed by atoms with Crippen LogP contribution in [0.4, 0.5) is 11.9 Å². The summed E-state index contributed by atoms with van der Waals surface area (Å²) in [6.07, 6.45) is 4.84. The van der Waals surface area contributed by atoms with Gasteiger partial charge in [0.25, 0.3) is 0 Å². The molecule has 1 aromatic rings. The summed E-state index contributed by atoms with van der Waals surface area (Å²) in [5.74, 6) is 1.48. The van der Waals surface area contributed by atoms with E-state index in [0.29, 0.717) is 5.28 Å². The molecule has 1 aromatic heterocycles. The summed E-state index contributed by atoms with van der Waals surface area (Å²) in [5, 5.41) is 0.309. The molecule has 0 spiro atoms. The number of halogens is 2. The minimum Gasteiger partial charge on any atom is -0.341 e. The first-order valence-corrected chi connectivity index (χ1v) is 6.62. The van der Waals surface area contributed by atoms with E-state index in [9.17, 15) is 0 Å². The van der Waals surface area contributed by atoms with E-state index in [-0.39, 0.29) is 12.4 Å². The molecule has 0 atom stereocenters. The Bertz CT molecular complexity index is 368. The van der Waals surface area contributed by atoms with Crippen molar-refractivity contribution in [3.05, 3.63) is 5.28 Å². The monoisotopic (exact) mass is 289 g/mol. The SMILES string of the molecule is Cl.Clc1nc(N2CCCC2)nc(N2CCCC2)n1. The molecule has 3 heterocycles. The molecule has 2 saturated heterocycles. The summed E-state index contributed by atoms with van der Waals surface area (Å²) in [4.78, 5) is 17.4. The minimum absolute atomic E-state index is 0. The maximum Gasteiger partial charge on any atom is 0.231 e. The predicted octanol–water partition coefficient (Wildman–Crippen LogP) is 2.15. The van der Waals surface area contributed by atoms with Gasteiger partial charge in [-0.2, -0.15) is 15.0 Å². The maximum absolute atomic E-state index is 5.99. The number of anilines is 2. The average Bonchev–Trinajstić information content (AvgIpc) is 3.02. The molecule has 0 aliphatic carbocycles. The fourth-order valence-corrected chi connectivity index (χ4v) is 2.60. The predicted molar refractivity (Wildman–Crippen MR) is 75.0 cm³/mol. The molecule has 3 rings (SSSR count). The van der Waals surface area contributed by atoms with Crippen molar-refractivity contribution in [3.8, 4) is 0 Å². The van der Waals surface area contributed by atoms with Gasteiger partial charge in [-0.3, -0.25) is 0 Å². The lowest BCUT2D eigenvalue weighted by molar-refractivity contribution is 0.838. The topological polar surface area (TPSA) is 45.2 Å². The van der Waals surface area contributed by atoms with Crippen LogP contribution in [0.25, 0.3) is 0 Å². The highest BCUT2D eigenvalue weighted by Gasteiger charge is 2.20. The molecule has 2 aliphatic heterocycles. The molecule has 100 valence electrons. The first-order chi connectivity index (χ1) is 8.33. The van der Waals surface area contributed by atoms with Crippen LogP contribution < -0.4 is 9.80 Å². The molecule has 2 aliphatic rings. The lowest BCUT2D eigenvalue weighted by Gasteiger charge is -2.19. The van der Waals surface area contributed by atoms with Crippen molar-refractivity contribution in [1.29, 1.82) is 0 Å². The largest absolute Gasteiger partial charge is 0.341 e. The van der Waals surface area contributed by atoms with Crippen LogP contribution in [0.2, 0.25) is 5.28 Å². The number of nitrogens with zero attached hydrogens (tertiary/aromatic N) is 5. The lowest BCUT2D eigenvalue weighted by Crippen LogP contribution is -2.25. The van der Waals surface area contributed by atoms with Gasteiger partial charge in [-0.05, 0) is 37.3 Å². The van der Waals surface area contributed by atoms with Crippen molar-refractivity contribution in [2.24, 2.45) is 0 Å². The highest BCUT2D eigenvalue weighted by Crippen LogP contribution is 2.22. The van der Waals surface area contributed by atoms with Crippen molar-refractivity contribution >= 4 is 35.9 Å². The summed E-state index contributed by atoms with van der Waals surface area (Å²) in [6.45, 7) is 4.11. The normalized spacial score (nSPS) is 19.2. The Morgan fingerprint density at radius 2 is 1.11 bits per heavy atom. The number of rotatable bonds is 2. The third kappa shape index (κ3) is 2.78. The average molecular weight is 290 g/mol. The third-order valence-electron chi connectivity index (χ3n) is 3.36. The molecule has 0 bridgehead atoms. The van der Waals surface area contributed by atoms with Gasteiger partial charge in [-0.15, -0.1) is 12.4 Å². The molecule has 2 fully saturated rings. The second-order valence-electron chi connectivity index (χ2n) is 4.59. The van der Waals surface area contributed by atoms with Gasteiger partial charge in [0, 0.05) is 26.2 Å². The summed E-state index contributed by atoms with van der Waals surface area (Å²) < 4.78 is 0. The van der Waals surface area contributed by atoms with Crippen molar-refractivity contribution in [2.75, 3.05) is 36.0 Å². The quantitative estimate of drug-likeness (QED) is 0.835. The standard InChI is InChI=1S/C11H16ClN5.ClH/c12-9-13-10(16-5-1-2-6-16)15-11(14-9)17-7-3-4-8-17;/h1-8H2;1H. The van der Waals surface area contributed by atoms with Crippen molar-refractivity contribution < 1.29 is 0 Å². The Hall–Kier alpha value is -0.810. The first kappa shape index (κ1) is 13.6. The summed E-state index contributed by atoms with van der Waals surface area (Å²) in [6, 6.07) is 0. The van der Waals surface area contributed by atoms with E-state index in [4.69, 9.17) is 11.6 Å². The van der Waals surface area contributed by atoms with E-state index in [1.165, 1.54) is 25.7 Å². The van der Waals surface area contributed by atoms with Gasteiger partial charge in [0.2, 0.25) is 17.2 Å². The lowest BCUT2D eigenvalue weighted by atomic mass is 10.4. The number of aromatic nitrogens is 3. The zero-order valence-corrected chi connectivity index (χ0v) is 11.8. The molecule has 0 N–H and O–H groups in total. The van der Waals surface area contributed by atoms with Gasteiger partial charge in [-0.1, -0.05) is 0 Å². The Kier molecular flexibility index (Phi) is 4.45. The molecule has 0 saturated carbocycles. The van der Waals surface area contributed by atoms with Gasteiger partial charge in [0.15, 0.2) is 0 Å². The maximum atomic E-state index is 5.99. The van der Waals surface area contributed by atoms with Gasteiger partial charge in [0.05, 0.1) is 0 Å². The molecule has 0 radical (unpaired) electrons. The van der Waals surface area contributed by atoms with E-state index < -0.39 is 0 Å². The smallest absolute Gasteiger partial charge is 0.231 e. The van der Waals surface area contributed by atoms with Crippen molar-refractivity contribution in [3.63, 3.8) is 0 Å². The summed E-state index contributed by atoms with van der Waals surface area (Å²) in [5.41, 5.74) is 0. The molecule has 5 nitrogen and oxygen atoms in total. The van der Waals surface area contributed by atoms with Gasteiger partial charge < -0.3 is 9.80 Å². The van der Waals surface area contributed by atoms with Crippen LogP contribution in [-0.2, 0) is 0 Å². The van der Waals surface area contributed by atoms with Crippen LogP contribution in [0.5, 0.6) is 0 Å². The van der Waals surface area contributed by atoms with Gasteiger partial charge in [0.1, 0.15) is 0 Å². The van der Waals surface area contributed by atoms with Crippen LogP contribution in [-0.4, -0.2) is 41.1 Å². The number of hydrogen-bond acceptors (Lipinski definition) is 5. The van der Waals surface area contributed by atoms with Crippen LogP contribution in [0.15, 0.2) is 0 Å². The van der Waals surface area contributed by atoms with Crippen LogP contribution in [0.1, 0.15) is 25.7 Å². The Morgan fingerprint density at radius 3 is 1.50 bits per heavy atom. The summed E-state index contributed by atoms with van der Waals surface area (Å²) >= 11 is 5.99. The van der Waals surface area contributed by atoms with E-state index >= 15 is 0 Å². The first-order valence-electron chi connectivity index (χ1n) is 6.24. The van der Waals surface area contributed by atoms with Crippen molar-refractivity contribution in [1.82, 2.24) is 15.0 Å². The molecule has 0 aromatic carbocycles. The van der Waals surface area contributed by atoms with E-state index in [1.54, 1.807) is 0 Å². The van der Waals surface area contributed by atoms with Crippen LogP contribution >= 0.6 is 24.0 Å². The van der Waals surface area contributed by atoms with E-state index in [1.807, 2.05) is 0 Å². The van der Waals surface area contributed by atoms with E-state index in [2.05, 4.69) is 24.8 Å². The van der Waals surface area contributed by atoms with E-state index in [0.717, 1.165) is 38.1 Å². The zero-order valence-electron chi connectivity index (χ0n) is 10.2. The second-order valence-corrected chi connectivity index (χ2v) is 4.93. The minimum atomic E-state index is 0. The Balaban J connectivity index is 0.00000120. The van der Waals surface area contributed by atoms with Gasteiger partial charge in [-0.25, -0.2) is 0 Å². The molecular weight excluding hydrogens is 273 g/mol. The fraction of sp³-hybridized carbons (Fsp3) is 0.727. The second kappa shape index (κ2) is 5.89. The Labute approximate surface area is 118 Å².